The van der Waals surface area contributed by atoms with Gasteiger partial charge in [-0.05, 0) is 12.8 Å². The van der Waals surface area contributed by atoms with E-state index in [-0.39, 0.29) is 11.5 Å². The summed E-state index contributed by atoms with van der Waals surface area (Å²) in [4.78, 5) is 11.5. The van der Waals surface area contributed by atoms with Gasteiger partial charge >= 0.3 is 0 Å². The Kier molecular flexibility index (Phi) is 2.89. The smallest absolute Gasteiger partial charge is 0.140 e. The normalized spacial score (nSPS) is 24.4. The lowest BCUT2D eigenvalue weighted by Gasteiger charge is -2.18. The monoisotopic (exact) mass is 170 g/mol. The maximum absolute atomic E-state index is 11.5. The van der Waals surface area contributed by atoms with Crippen LogP contribution in [-0.4, -0.2) is 18.5 Å². The largest absolute Gasteiger partial charge is 0.378 e. The fourth-order valence-electron chi connectivity index (χ4n) is 1.32. The van der Waals surface area contributed by atoms with Gasteiger partial charge < -0.3 is 4.74 Å². The van der Waals surface area contributed by atoms with Gasteiger partial charge in [0.15, 0.2) is 0 Å². The number of rotatable bonds is 2. The van der Waals surface area contributed by atoms with Crippen LogP contribution in [0.4, 0.5) is 0 Å². The van der Waals surface area contributed by atoms with Crippen LogP contribution >= 0.6 is 0 Å². The minimum absolute atomic E-state index is 0.202. The van der Waals surface area contributed by atoms with Crippen molar-refractivity contribution in [3.63, 3.8) is 0 Å². The van der Waals surface area contributed by atoms with Crippen LogP contribution in [-0.2, 0) is 9.53 Å². The molecule has 1 fully saturated rings. The predicted octanol–water partition coefficient (Wildman–Crippen LogP) is 2.17. The number of hydrogen-bond donors (Lipinski definition) is 0. The Hall–Kier alpha value is -0.370. The van der Waals surface area contributed by atoms with Crippen molar-refractivity contribution in [2.45, 2.75) is 46.1 Å². The van der Waals surface area contributed by atoms with Crippen molar-refractivity contribution in [1.82, 2.24) is 0 Å². The summed E-state index contributed by atoms with van der Waals surface area (Å²) < 4.78 is 5.40. The van der Waals surface area contributed by atoms with E-state index in [1.165, 1.54) is 0 Å². The number of Topliss-reactive ketones (excluding diaryl/α,β-unsaturated/α-hetero) is 1. The summed E-state index contributed by atoms with van der Waals surface area (Å²) >= 11 is 0. The molecule has 0 aliphatic carbocycles. The minimum Gasteiger partial charge on any atom is -0.378 e. The summed E-state index contributed by atoms with van der Waals surface area (Å²) in [5.41, 5.74) is -0.202. The summed E-state index contributed by atoms with van der Waals surface area (Å²) in [5, 5.41) is 0. The number of carbonyl (C=O) groups excluding carboxylic acids is 1. The van der Waals surface area contributed by atoms with E-state index < -0.39 is 0 Å². The summed E-state index contributed by atoms with van der Waals surface area (Å²) in [7, 11) is 0. The van der Waals surface area contributed by atoms with Crippen molar-refractivity contribution in [3.05, 3.63) is 0 Å². The first-order valence-corrected chi connectivity index (χ1v) is 4.65. The van der Waals surface area contributed by atoms with Gasteiger partial charge in [-0.2, -0.15) is 0 Å². The van der Waals surface area contributed by atoms with Crippen molar-refractivity contribution in [2.75, 3.05) is 6.61 Å². The van der Waals surface area contributed by atoms with Crippen molar-refractivity contribution in [2.24, 2.45) is 5.41 Å². The van der Waals surface area contributed by atoms with Crippen molar-refractivity contribution >= 4 is 5.78 Å². The second-order valence-electron chi connectivity index (χ2n) is 4.51. The van der Waals surface area contributed by atoms with Gasteiger partial charge in [0.2, 0.25) is 0 Å². The summed E-state index contributed by atoms with van der Waals surface area (Å²) in [5.74, 6) is 0.314. The van der Waals surface area contributed by atoms with E-state index >= 15 is 0 Å². The molecule has 0 spiro atoms. The topological polar surface area (TPSA) is 26.3 Å². The number of carbonyl (C=O) groups is 1. The average Bonchev–Trinajstić information content (AvgIpc) is 2.37. The van der Waals surface area contributed by atoms with Crippen molar-refractivity contribution < 1.29 is 9.53 Å². The van der Waals surface area contributed by atoms with Gasteiger partial charge in [-0.25, -0.2) is 0 Å². The first-order chi connectivity index (χ1) is 5.50. The fourth-order valence-corrected chi connectivity index (χ4v) is 1.32. The zero-order valence-corrected chi connectivity index (χ0v) is 8.22. The second-order valence-corrected chi connectivity index (χ2v) is 4.51. The van der Waals surface area contributed by atoms with Gasteiger partial charge in [-0.3, -0.25) is 4.79 Å². The molecule has 2 nitrogen and oxygen atoms in total. The molecule has 1 saturated heterocycles. The molecule has 0 aromatic rings. The molecule has 0 amide bonds. The molecule has 70 valence electrons. The average molecular weight is 170 g/mol. The molecule has 1 unspecified atom stereocenters. The van der Waals surface area contributed by atoms with Crippen LogP contribution in [0.2, 0.25) is 0 Å². The molecule has 2 heteroatoms. The first kappa shape index (κ1) is 9.72. The number of ketones is 1. The lowest BCUT2D eigenvalue weighted by molar-refractivity contribution is -0.128. The van der Waals surface area contributed by atoms with Crippen LogP contribution in [0.1, 0.15) is 40.0 Å². The number of hydrogen-bond acceptors (Lipinski definition) is 2. The SMILES string of the molecule is CC(C)(C)C(=O)CC1CCCO1. The third kappa shape index (κ3) is 2.59. The third-order valence-electron chi connectivity index (χ3n) is 2.27. The van der Waals surface area contributed by atoms with E-state index in [1.807, 2.05) is 20.8 Å². The summed E-state index contributed by atoms with van der Waals surface area (Å²) in [6.45, 7) is 6.72. The zero-order chi connectivity index (χ0) is 9.19. The second kappa shape index (κ2) is 3.56. The van der Waals surface area contributed by atoms with Gasteiger partial charge in [0.1, 0.15) is 5.78 Å². The quantitative estimate of drug-likeness (QED) is 0.635. The molecule has 0 N–H and O–H groups in total. The Morgan fingerprint density at radius 3 is 2.58 bits per heavy atom. The molecule has 0 radical (unpaired) electrons. The van der Waals surface area contributed by atoms with Crippen LogP contribution in [0.5, 0.6) is 0 Å². The molecular weight excluding hydrogens is 152 g/mol. The highest BCUT2D eigenvalue weighted by molar-refractivity contribution is 5.84. The van der Waals surface area contributed by atoms with Gasteiger partial charge in [0.25, 0.3) is 0 Å². The highest BCUT2D eigenvalue weighted by Crippen LogP contribution is 2.22. The van der Waals surface area contributed by atoms with Crippen molar-refractivity contribution in [3.8, 4) is 0 Å². The minimum atomic E-state index is -0.202. The van der Waals surface area contributed by atoms with Gasteiger partial charge in [0, 0.05) is 18.4 Å². The van der Waals surface area contributed by atoms with E-state index in [9.17, 15) is 4.79 Å². The van der Waals surface area contributed by atoms with E-state index in [0.29, 0.717) is 12.2 Å². The molecule has 1 atom stereocenters. The number of ether oxygens (including phenoxy) is 1. The summed E-state index contributed by atoms with van der Waals surface area (Å²) in [6.07, 6.45) is 2.98. The Balaban J connectivity index is 2.35. The Labute approximate surface area is 74.3 Å². The fraction of sp³-hybridized carbons (Fsp3) is 0.900. The van der Waals surface area contributed by atoms with Gasteiger partial charge in [-0.15, -0.1) is 0 Å². The highest BCUT2D eigenvalue weighted by atomic mass is 16.5. The highest BCUT2D eigenvalue weighted by Gasteiger charge is 2.26. The van der Waals surface area contributed by atoms with E-state index in [1.54, 1.807) is 0 Å². The van der Waals surface area contributed by atoms with Gasteiger partial charge in [0.05, 0.1) is 6.10 Å². The lowest BCUT2D eigenvalue weighted by Crippen LogP contribution is -2.24. The third-order valence-corrected chi connectivity index (χ3v) is 2.27. The molecule has 0 aromatic heterocycles. The maximum Gasteiger partial charge on any atom is 0.140 e. The lowest BCUT2D eigenvalue weighted by atomic mass is 9.87. The molecule has 0 saturated carbocycles. The molecule has 1 rings (SSSR count). The molecule has 1 aliphatic heterocycles. The maximum atomic E-state index is 11.5. The Bertz CT molecular complexity index is 161. The Morgan fingerprint density at radius 2 is 2.17 bits per heavy atom. The van der Waals surface area contributed by atoms with E-state index in [0.717, 1.165) is 19.4 Å². The molecule has 0 bridgehead atoms. The van der Waals surface area contributed by atoms with E-state index in [2.05, 4.69) is 0 Å². The van der Waals surface area contributed by atoms with Crippen LogP contribution in [0, 0.1) is 5.41 Å². The first-order valence-electron chi connectivity index (χ1n) is 4.65. The molecule has 1 aliphatic rings. The van der Waals surface area contributed by atoms with Crippen LogP contribution in [0.15, 0.2) is 0 Å². The Morgan fingerprint density at radius 1 is 1.50 bits per heavy atom. The summed E-state index contributed by atoms with van der Waals surface area (Å²) in [6, 6.07) is 0. The van der Waals surface area contributed by atoms with Crippen LogP contribution < -0.4 is 0 Å². The standard InChI is InChI=1S/C10H18O2/c1-10(2,3)9(11)7-8-5-4-6-12-8/h8H,4-7H2,1-3H3. The molecule has 12 heavy (non-hydrogen) atoms. The van der Waals surface area contributed by atoms with Gasteiger partial charge in [-0.1, -0.05) is 20.8 Å². The van der Waals surface area contributed by atoms with Crippen LogP contribution in [0.25, 0.3) is 0 Å². The molecule has 1 heterocycles. The van der Waals surface area contributed by atoms with Crippen molar-refractivity contribution in [1.29, 1.82) is 0 Å². The molecule has 0 aromatic carbocycles. The zero-order valence-electron chi connectivity index (χ0n) is 8.22. The van der Waals surface area contributed by atoms with E-state index in [4.69, 9.17) is 4.74 Å². The predicted molar refractivity (Wildman–Crippen MR) is 48.1 cm³/mol. The molecular formula is C10H18O2. The van der Waals surface area contributed by atoms with Crippen LogP contribution in [0.3, 0.4) is 0 Å².